The van der Waals surface area contributed by atoms with E-state index in [9.17, 15) is 19.5 Å². The Morgan fingerprint density at radius 2 is 1.78 bits per heavy atom. The van der Waals surface area contributed by atoms with Crippen molar-refractivity contribution in [1.82, 2.24) is 5.32 Å². The van der Waals surface area contributed by atoms with Crippen LogP contribution in [0.5, 0.6) is 5.75 Å². The van der Waals surface area contributed by atoms with Gasteiger partial charge in [-0.05, 0) is 12.1 Å². The van der Waals surface area contributed by atoms with Crippen molar-refractivity contribution in [2.24, 2.45) is 0 Å². The smallest absolute Gasteiger partial charge is 0.326 e. The van der Waals surface area contributed by atoms with E-state index in [0.29, 0.717) is 0 Å². The lowest BCUT2D eigenvalue weighted by molar-refractivity contribution is -0.145. The van der Waals surface area contributed by atoms with E-state index in [2.05, 4.69) is 0 Å². The monoisotopic (exact) mass is 253 g/mol. The van der Waals surface area contributed by atoms with Crippen LogP contribution < -0.4 is 5.32 Å². The summed E-state index contributed by atoms with van der Waals surface area (Å²) >= 11 is 0. The molecule has 0 unspecified atom stereocenters. The molecule has 0 spiro atoms. The maximum atomic E-state index is 11.6. The number of carboxylic acid groups (broad SMARTS) is 2. The largest absolute Gasteiger partial charge is 0.507 e. The number of amides is 1. The van der Waals surface area contributed by atoms with Gasteiger partial charge < -0.3 is 20.6 Å². The van der Waals surface area contributed by atoms with Crippen LogP contribution in [-0.4, -0.2) is 39.2 Å². The van der Waals surface area contributed by atoms with E-state index in [1.807, 2.05) is 5.32 Å². The number of carboxylic acids is 2. The van der Waals surface area contributed by atoms with Crippen molar-refractivity contribution >= 4 is 17.8 Å². The fourth-order valence-electron chi connectivity index (χ4n) is 1.28. The highest BCUT2D eigenvalue weighted by Crippen LogP contribution is 2.15. The van der Waals surface area contributed by atoms with E-state index in [1.165, 1.54) is 24.3 Å². The van der Waals surface area contributed by atoms with Crippen molar-refractivity contribution in [2.75, 3.05) is 0 Å². The van der Waals surface area contributed by atoms with Crippen molar-refractivity contribution in [3.05, 3.63) is 29.8 Å². The predicted octanol–water partition coefficient (Wildman–Crippen LogP) is 0.0499. The van der Waals surface area contributed by atoms with Crippen molar-refractivity contribution in [3.8, 4) is 5.75 Å². The fourth-order valence-corrected chi connectivity index (χ4v) is 1.28. The van der Waals surface area contributed by atoms with E-state index in [1.54, 1.807) is 0 Å². The third-order valence-electron chi connectivity index (χ3n) is 2.13. The molecule has 0 saturated heterocycles. The van der Waals surface area contributed by atoms with E-state index >= 15 is 0 Å². The van der Waals surface area contributed by atoms with Crippen LogP contribution in [0.25, 0.3) is 0 Å². The maximum Gasteiger partial charge on any atom is 0.326 e. The Labute approximate surface area is 102 Å². The van der Waals surface area contributed by atoms with Gasteiger partial charge in [-0.1, -0.05) is 12.1 Å². The predicted molar refractivity (Wildman–Crippen MR) is 59.2 cm³/mol. The zero-order valence-electron chi connectivity index (χ0n) is 9.16. The molecule has 0 heterocycles. The Bertz CT molecular complexity index is 484. The van der Waals surface area contributed by atoms with Gasteiger partial charge >= 0.3 is 11.9 Å². The fraction of sp³-hybridized carbons (Fsp3) is 0.182. The van der Waals surface area contributed by atoms with Gasteiger partial charge in [0.2, 0.25) is 0 Å². The van der Waals surface area contributed by atoms with Crippen LogP contribution in [-0.2, 0) is 9.59 Å². The van der Waals surface area contributed by atoms with E-state index < -0.39 is 30.3 Å². The first-order chi connectivity index (χ1) is 8.41. The third kappa shape index (κ3) is 3.48. The normalized spacial score (nSPS) is 11.6. The number of para-hydroxylation sites is 1. The number of nitrogens with one attached hydrogen (secondary N) is 1. The Morgan fingerprint density at radius 3 is 2.28 bits per heavy atom. The Kier molecular flexibility index (Phi) is 4.25. The number of aliphatic carboxylic acids is 2. The first-order valence-corrected chi connectivity index (χ1v) is 4.95. The number of rotatable bonds is 5. The van der Waals surface area contributed by atoms with Gasteiger partial charge in [0.05, 0.1) is 12.0 Å². The quantitative estimate of drug-likeness (QED) is 0.587. The first-order valence-electron chi connectivity index (χ1n) is 4.95. The first kappa shape index (κ1) is 13.5. The highest BCUT2D eigenvalue weighted by Gasteiger charge is 2.24. The minimum Gasteiger partial charge on any atom is -0.507 e. The number of benzene rings is 1. The third-order valence-corrected chi connectivity index (χ3v) is 2.13. The number of carbonyl (C=O) groups is 3. The molecule has 0 fully saturated rings. The van der Waals surface area contributed by atoms with Crippen LogP contribution in [0.15, 0.2) is 24.3 Å². The summed E-state index contributed by atoms with van der Waals surface area (Å²) in [5, 5.41) is 28.7. The molecule has 1 aromatic rings. The summed E-state index contributed by atoms with van der Waals surface area (Å²) in [5.41, 5.74) is -0.117. The van der Waals surface area contributed by atoms with Crippen LogP contribution in [0.1, 0.15) is 16.8 Å². The molecule has 0 radical (unpaired) electrons. The molecule has 0 aliphatic rings. The van der Waals surface area contributed by atoms with Crippen LogP contribution in [0.4, 0.5) is 0 Å². The minimum absolute atomic E-state index is 0.117. The zero-order chi connectivity index (χ0) is 13.7. The number of phenols is 1. The topological polar surface area (TPSA) is 124 Å². The van der Waals surface area contributed by atoms with Crippen molar-refractivity contribution in [3.63, 3.8) is 0 Å². The molecule has 7 nitrogen and oxygen atoms in total. The number of hydrogen-bond acceptors (Lipinski definition) is 4. The summed E-state index contributed by atoms with van der Waals surface area (Å²) < 4.78 is 0. The SMILES string of the molecule is O=C(O)C[C@@H](NC(=O)c1ccccc1O)C(=O)O. The molecule has 7 heteroatoms. The molecule has 96 valence electrons. The van der Waals surface area contributed by atoms with Crippen molar-refractivity contribution < 1.29 is 29.7 Å². The Morgan fingerprint density at radius 1 is 1.17 bits per heavy atom. The van der Waals surface area contributed by atoms with Crippen LogP contribution >= 0.6 is 0 Å². The Hall–Kier alpha value is -2.57. The van der Waals surface area contributed by atoms with Crippen LogP contribution in [0, 0.1) is 0 Å². The maximum absolute atomic E-state index is 11.6. The van der Waals surface area contributed by atoms with Gasteiger partial charge in [-0.25, -0.2) is 4.79 Å². The summed E-state index contributed by atoms with van der Waals surface area (Å²) in [6, 6.07) is 4.00. The summed E-state index contributed by atoms with van der Waals surface area (Å²) in [5.74, 6) is -3.96. The van der Waals surface area contributed by atoms with Gasteiger partial charge in [-0.3, -0.25) is 9.59 Å². The summed E-state index contributed by atoms with van der Waals surface area (Å²) in [7, 11) is 0. The summed E-state index contributed by atoms with van der Waals surface area (Å²) in [6.07, 6.45) is -0.741. The number of hydrogen-bond donors (Lipinski definition) is 4. The molecular weight excluding hydrogens is 242 g/mol. The molecule has 0 bridgehead atoms. The van der Waals surface area contributed by atoms with Gasteiger partial charge in [0.1, 0.15) is 11.8 Å². The molecule has 0 aliphatic carbocycles. The highest BCUT2D eigenvalue weighted by atomic mass is 16.4. The van der Waals surface area contributed by atoms with Gasteiger partial charge in [-0.15, -0.1) is 0 Å². The molecule has 4 N–H and O–H groups in total. The van der Waals surface area contributed by atoms with Crippen molar-refractivity contribution in [1.29, 1.82) is 0 Å². The second-order valence-corrected chi connectivity index (χ2v) is 3.48. The van der Waals surface area contributed by atoms with Gasteiger partial charge in [0, 0.05) is 0 Å². The lowest BCUT2D eigenvalue weighted by atomic mass is 10.1. The van der Waals surface area contributed by atoms with Gasteiger partial charge in [-0.2, -0.15) is 0 Å². The molecule has 18 heavy (non-hydrogen) atoms. The van der Waals surface area contributed by atoms with E-state index in [-0.39, 0.29) is 11.3 Å². The average Bonchev–Trinajstić information content (AvgIpc) is 2.27. The molecule has 0 aromatic heterocycles. The molecule has 0 aliphatic heterocycles. The van der Waals surface area contributed by atoms with Gasteiger partial charge in [0.25, 0.3) is 5.91 Å². The molecule has 1 aromatic carbocycles. The van der Waals surface area contributed by atoms with Crippen LogP contribution in [0.3, 0.4) is 0 Å². The van der Waals surface area contributed by atoms with E-state index in [0.717, 1.165) is 0 Å². The number of phenolic OH excluding ortho intramolecular Hbond substituents is 1. The second kappa shape index (κ2) is 5.67. The number of carbonyl (C=O) groups excluding carboxylic acids is 1. The number of aromatic hydroxyl groups is 1. The molecular formula is C11H11NO6. The molecule has 1 amide bonds. The summed E-state index contributed by atoms with van der Waals surface area (Å²) in [6.45, 7) is 0. The molecule has 0 saturated carbocycles. The Balaban J connectivity index is 2.82. The van der Waals surface area contributed by atoms with Crippen LogP contribution in [0.2, 0.25) is 0 Å². The lowest BCUT2D eigenvalue weighted by Gasteiger charge is -2.12. The average molecular weight is 253 g/mol. The molecule has 1 atom stereocenters. The van der Waals surface area contributed by atoms with Gasteiger partial charge in [0.15, 0.2) is 0 Å². The standard InChI is InChI=1S/C11H11NO6/c13-8-4-2-1-3-6(8)10(16)12-7(11(17)18)5-9(14)15/h1-4,7,13H,5H2,(H,12,16)(H,14,15)(H,17,18)/t7-/m1/s1. The second-order valence-electron chi connectivity index (χ2n) is 3.48. The minimum atomic E-state index is -1.55. The van der Waals surface area contributed by atoms with E-state index in [4.69, 9.17) is 10.2 Å². The molecule has 1 rings (SSSR count). The zero-order valence-corrected chi connectivity index (χ0v) is 9.16. The summed E-state index contributed by atoms with van der Waals surface area (Å²) in [4.78, 5) is 32.8. The van der Waals surface area contributed by atoms with Crippen molar-refractivity contribution in [2.45, 2.75) is 12.5 Å². The highest BCUT2D eigenvalue weighted by molar-refractivity contribution is 5.99. The lowest BCUT2D eigenvalue weighted by Crippen LogP contribution is -2.42.